The van der Waals surface area contributed by atoms with Crippen molar-refractivity contribution in [2.75, 3.05) is 13.2 Å². The van der Waals surface area contributed by atoms with Gasteiger partial charge in [0.2, 0.25) is 5.91 Å². The van der Waals surface area contributed by atoms with Crippen LogP contribution in [0.1, 0.15) is 28.9 Å². The van der Waals surface area contributed by atoms with E-state index >= 15 is 0 Å². The number of carbonyl (C=O) groups excluding carboxylic acids is 2. The molecule has 1 N–H and O–H groups in total. The number of hydrogen-bond donors (Lipinski definition) is 1. The highest BCUT2D eigenvalue weighted by Gasteiger charge is 2.08. The van der Waals surface area contributed by atoms with Gasteiger partial charge in [-0.05, 0) is 30.0 Å². The molecule has 1 amide bonds. The summed E-state index contributed by atoms with van der Waals surface area (Å²) in [4.78, 5) is 29.1. The van der Waals surface area contributed by atoms with Gasteiger partial charge in [0.05, 0.1) is 4.88 Å². The maximum Gasteiger partial charge on any atom is 0.243 e. The van der Waals surface area contributed by atoms with Gasteiger partial charge in [-0.1, -0.05) is 24.3 Å². The van der Waals surface area contributed by atoms with Crippen LogP contribution in [0.2, 0.25) is 0 Å². The molecule has 1 aromatic heterocycles. The van der Waals surface area contributed by atoms with Crippen molar-refractivity contribution in [1.29, 1.82) is 0 Å². The van der Waals surface area contributed by atoms with Crippen LogP contribution < -0.4 is 10.2 Å². The monoisotopic (exact) mass is 333 g/mol. The summed E-state index contributed by atoms with van der Waals surface area (Å²) in [6, 6.07) is 13.0. The number of hydroxylamine groups is 1. The van der Waals surface area contributed by atoms with Gasteiger partial charge < -0.3 is 4.74 Å². The summed E-state index contributed by atoms with van der Waals surface area (Å²) < 4.78 is 5.42. The van der Waals surface area contributed by atoms with E-state index in [2.05, 4.69) is 5.48 Å². The Bertz CT molecular complexity index is 598. The predicted octanol–water partition coefficient (Wildman–Crippen LogP) is 3.23. The van der Waals surface area contributed by atoms with Crippen LogP contribution in [0.4, 0.5) is 0 Å². The number of rotatable bonds is 10. The first-order valence-corrected chi connectivity index (χ1v) is 8.29. The van der Waals surface area contributed by atoms with Crippen molar-refractivity contribution >= 4 is 23.0 Å². The van der Waals surface area contributed by atoms with Gasteiger partial charge in [-0.25, -0.2) is 5.48 Å². The van der Waals surface area contributed by atoms with Crippen molar-refractivity contribution < 1.29 is 19.2 Å². The molecule has 0 aliphatic carbocycles. The molecule has 2 aromatic rings. The lowest BCUT2D eigenvalue weighted by atomic mass is 10.1. The Labute approximate surface area is 139 Å². The molecule has 1 heterocycles. The lowest BCUT2D eigenvalue weighted by molar-refractivity contribution is -0.134. The van der Waals surface area contributed by atoms with E-state index in [-0.39, 0.29) is 24.7 Å². The Morgan fingerprint density at radius 2 is 1.83 bits per heavy atom. The fourth-order valence-corrected chi connectivity index (χ4v) is 2.56. The second-order valence-corrected chi connectivity index (χ2v) is 5.74. The number of amides is 1. The van der Waals surface area contributed by atoms with Gasteiger partial charge in [-0.2, -0.15) is 0 Å². The molecule has 0 saturated heterocycles. The van der Waals surface area contributed by atoms with Crippen LogP contribution in [0.3, 0.4) is 0 Å². The molecule has 122 valence electrons. The number of nitrogens with one attached hydrogen (secondary N) is 1. The van der Waals surface area contributed by atoms with Crippen molar-refractivity contribution in [3.8, 4) is 5.75 Å². The third-order valence-corrected chi connectivity index (χ3v) is 3.90. The molecule has 0 unspecified atom stereocenters. The fourth-order valence-electron chi connectivity index (χ4n) is 1.87. The van der Waals surface area contributed by atoms with Gasteiger partial charge in [0.15, 0.2) is 5.78 Å². The van der Waals surface area contributed by atoms with Crippen LogP contribution in [-0.2, 0) is 9.63 Å². The highest BCUT2D eigenvalue weighted by atomic mass is 32.1. The maximum absolute atomic E-state index is 11.8. The second kappa shape index (κ2) is 9.76. The number of benzene rings is 1. The number of ketones is 1. The Balaban J connectivity index is 1.49. The van der Waals surface area contributed by atoms with Gasteiger partial charge in [-0.3, -0.25) is 14.4 Å². The largest absolute Gasteiger partial charge is 0.491 e. The SMILES string of the molecule is O=C(CCCC(=O)c1cccs1)NOCCOc1ccccc1. The van der Waals surface area contributed by atoms with Gasteiger partial charge in [0, 0.05) is 12.8 Å². The average Bonchev–Trinajstić information content (AvgIpc) is 3.10. The summed E-state index contributed by atoms with van der Waals surface area (Å²) in [6.45, 7) is 0.607. The van der Waals surface area contributed by atoms with E-state index in [1.54, 1.807) is 6.07 Å². The summed E-state index contributed by atoms with van der Waals surface area (Å²) in [6.07, 6.45) is 1.13. The van der Waals surface area contributed by atoms with Crippen LogP contribution in [0.15, 0.2) is 47.8 Å². The molecule has 23 heavy (non-hydrogen) atoms. The average molecular weight is 333 g/mol. The predicted molar refractivity (Wildman–Crippen MR) is 88.5 cm³/mol. The molecule has 0 aliphatic heterocycles. The number of thiophene rings is 1. The fraction of sp³-hybridized carbons (Fsp3) is 0.294. The second-order valence-electron chi connectivity index (χ2n) is 4.79. The van der Waals surface area contributed by atoms with E-state index in [9.17, 15) is 9.59 Å². The van der Waals surface area contributed by atoms with E-state index < -0.39 is 0 Å². The molecular weight excluding hydrogens is 314 g/mol. The number of carbonyl (C=O) groups is 2. The van der Waals surface area contributed by atoms with Gasteiger partial charge in [-0.15, -0.1) is 11.3 Å². The zero-order chi connectivity index (χ0) is 16.3. The molecule has 0 bridgehead atoms. The molecule has 0 spiro atoms. The Morgan fingerprint density at radius 3 is 2.57 bits per heavy atom. The van der Waals surface area contributed by atoms with E-state index in [1.165, 1.54) is 11.3 Å². The van der Waals surface area contributed by atoms with E-state index in [4.69, 9.17) is 9.57 Å². The van der Waals surface area contributed by atoms with Crippen LogP contribution >= 0.6 is 11.3 Å². The third kappa shape index (κ3) is 6.63. The normalized spacial score (nSPS) is 10.3. The summed E-state index contributed by atoms with van der Waals surface area (Å²) in [7, 11) is 0. The molecule has 0 atom stereocenters. The van der Waals surface area contributed by atoms with Gasteiger partial charge in [0.1, 0.15) is 19.0 Å². The number of para-hydroxylation sites is 1. The first-order valence-electron chi connectivity index (χ1n) is 7.41. The Kier molecular flexibility index (Phi) is 7.29. The molecule has 0 fully saturated rings. The minimum absolute atomic E-state index is 0.0741. The first kappa shape index (κ1) is 17.2. The molecule has 0 aliphatic rings. The van der Waals surface area contributed by atoms with Gasteiger partial charge in [0.25, 0.3) is 0 Å². The number of ether oxygens (including phenoxy) is 1. The standard InChI is InChI=1S/C17H19NO4S/c19-15(16-9-5-13-23-16)8-4-10-17(20)18-22-12-11-21-14-6-2-1-3-7-14/h1-3,5-7,9,13H,4,8,10-12H2,(H,18,20). The van der Waals surface area contributed by atoms with Crippen LogP contribution in [0.5, 0.6) is 5.75 Å². The summed E-state index contributed by atoms with van der Waals surface area (Å²) >= 11 is 1.42. The number of hydrogen-bond acceptors (Lipinski definition) is 5. The molecule has 6 heteroatoms. The lowest BCUT2D eigenvalue weighted by Crippen LogP contribution is -2.25. The van der Waals surface area contributed by atoms with Crippen LogP contribution in [0.25, 0.3) is 0 Å². The molecule has 0 radical (unpaired) electrons. The quantitative estimate of drug-likeness (QED) is 0.412. The highest BCUT2D eigenvalue weighted by Crippen LogP contribution is 2.13. The molecule has 1 aromatic carbocycles. The summed E-state index contributed by atoms with van der Waals surface area (Å²) in [5, 5.41) is 1.87. The minimum Gasteiger partial charge on any atom is -0.491 e. The van der Waals surface area contributed by atoms with Crippen LogP contribution in [-0.4, -0.2) is 24.9 Å². The minimum atomic E-state index is -0.233. The summed E-state index contributed by atoms with van der Waals surface area (Å²) in [5.74, 6) is 0.600. The molecule has 5 nitrogen and oxygen atoms in total. The molecule has 0 saturated carbocycles. The molecule has 2 rings (SSSR count). The Morgan fingerprint density at radius 1 is 1.00 bits per heavy atom. The maximum atomic E-state index is 11.8. The summed E-state index contributed by atoms with van der Waals surface area (Å²) in [5.41, 5.74) is 2.35. The molecular formula is C17H19NO4S. The zero-order valence-corrected chi connectivity index (χ0v) is 13.5. The van der Waals surface area contributed by atoms with Crippen molar-refractivity contribution in [3.05, 3.63) is 52.7 Å². The third-order valence-electron chi connectivity index (χ3n) is 2.99. The van der Waals surface area contributed by atoms with E-state index in [1.807, 2.05) is 41.8 Å². The van der Waals surface area contributed by atoms with Crippen LogP contribution in [0, 0.1) is 0 Å². The van der Waals surface area contributed by atoms with Crippen molar-refractivity contribution in [2.45, 2.75) is 19.3 Å². The topological polar surface area (TPSA) is 64.6 Å². The lowest BCUT2D eigenvalue weighted by Gasteiger charge is -2.07. The Hall–Kier alpha value is -2.18. The zero-order valence-electron chi connectivity index (χ0n) is 12.7. The smallest absolute Gasteiger partial charge is 0.243 e. The van der Waals surface area contributed by atoms with Crippen molar-refractivity contribution in [1.82, 2.24) is 5.48 Å². The van der Waals surface area contributed by atoms with E-state index in [0.717, 1.165) is 10.6 Å². The van der Waals surface area contributed by atoms with Crippen molar-refractivity contribution in [2.24, 2.45) is 0 Å². The first-order chi connectivity index (χ1) is 11.3. The highest BCUT2D eigenvalue weighted by molar-refractivity contribution is 7.12. The number of Topliss-reactive ketones (excluding diaryl/α,β-unsaturated/α-hetero) is 1. The van der Waals surface area contributed by atoms with Crippen molar-refractivity contribution in [3.63, 3.8) is 0 Å². The van der Waals surface area contributed by atoms with Gasteiger partial charge >= 0.3 is 0 Å². The van der Waals surface area contributed by atoms with E-state index in [0.29, 0.717) is 19.4 Å².